The molecule has 0 saturated heterocycles. The SMILES string of the molecule is CCCc1nc(NN)cc(NCC(C2CC2)C2CC2)n1. The van der Waals surface area contributed by atoms with E-state index in [4.69, 9.17) is 5.84 Å². The summed E-state index contributed by atoms with van der Waals surface area (Å²) in [4.78, 5) is 8.96. The molecular weight excluding hydrogens is 250 g/mol. The van der Waals surface area contributed by atoms with Gasteiger partial charge in [-0.15, -0.1) is 0 Å². The first-order chi connectivity index (χ1) is 9.80. The van der Waals surface area contributed by atoms with Gasteiger partial charge in [0.1, 0.15) is 17.5 Å². The van der Waals surface area contributed by atoms with Crippen LogP contribution in [0.1, 0.15) is 44.9 Å². The molecule has 2 aliphatic rings. The summed E-state index contributed by atoms with van der Waals surface area (Å²) in [5.41, 5.74) is 2.63. The first-order valence-corrected chi connectivity index (χ1v) is 7.88. The zero-order chi connectivity index (χ0) is 13.9. The van der Waals surface area contributed by atoms with Gasteiger partial charge in [0.15, 0.2) is 0 Å². The van der Waals surface area contributed by atoms with Gasteiger partial charge in [-0.25, -0.2) is 15.8 Å². The summed E-state index contributed by atoms with van der Waals surface area (Å²) in [6.07, 6.45) is 7.61. The van der Waals surface area contributed by atoms with E-state index in [1.54, 1.807) is 0 Å². The maximum Gasteiger partial charge on any atom is 0.145 e. The highest BCUT2D eigenvalue weighted by atomic mass is 15.3. The van der Waals surface area contributed by atoms with Gasteiger partial charge in [0.05, 0.1) is 0 Å². The van der Waals surface area contributed by atoms with Crippen molar-refractivity contribution < 1.29 is 0 Å². The lowest BCUT2D eigenvalue weighted by Gasteiger charge is -2.17. The zero-order valence-corrected chi connectivity index (χ0v) is 12.2. The molecule has 2 saturated carbocycles. The molecule has 0 radical (unpaired) electrons. The summed E-state index contributed by atoms with van der Waals surface area (Å²) in [7, 11) is 0. The van der Waals surface area contributed by atoms with E-state index in [-0.39, 0.29) is 0 Å². The molecular formula is C15H25N5. The largest absolute Gasteiger partial charge is 0.370 e. The van der Waals surface area contributed by atoms with Crippen LogP contribution in [-0.2, 0) is 6.42 Å². The molecule has 0 amide bonds. The van der Waals surface area contributed by atoms with Gasteiger partial charge in [0, 0.05) is 19.0 Å². The van der Waals surface area contributed by atoms with Crippen molar-refractivity contribution in [1.29, 1.82) is 0 Å². The van der Waals surface area contributed by atoms with Crippen molar-refractivity contribution in [3.63, 3.8) is 0 Å². The number of nitrogen functional groups attached to an aromatic ring is 1. The second-order valence-electron chi connectivity index (χ2n) is 6.17. The Kier molecular flexibility index (Phi) is 4.05. The van der Waals surface area contributed by atoms with Crippen molar-refractivity contribution in [2.24, 2.45) is 23.6 Å². The van der Waals surface area contributed by atoms with Crippen LogP contribution in [0.3, 0.4) is 0 Å². The Labute approximate surface area is 120 Å². The van der Waals surface area contributed by atoms with E-state index in [0.717, 1.165) is 48.8 Å². The number of hydrogen-bond donors (Lipinski definition) is 3. The molecule has 110 valence electrons. The van der Waals surface area contributed by atoms with Crippen molar-refractivity contribution in [1.82, 2.24) is 9.97 Å². The molecule has 2 fully saturated rings. The molecule has 3 rings (SSSR count). The second kappa shape index (κ2) is 5.95. The fourth-order valence-electron chi connectivity index (χ4n) is 2.99. The molecule has 5 heteroatoms. The van der Waals surface area contributed by atoms with Crippen LogP contribution < -0.4 is 16.6 Å². The molecule has 0 aromatic carbocycles. The molecule has 1 aromatic rings. The molecule has 2 aliphatic carbocycles. The lowest BCUT2D eigenvalue weighted by molar-refractivity contribution is 0.427. The standard InChI is InChI=1S/C15H25N5/c1-2-3-13-18-14(8-15(19-13)20-16)17-9-12(10-4-5-10)11-6-7-11/h8,10-12H,2-7,9,16H2,1H3,(H2,17,18,19,20). The van der Waals surface area contributed by atoms with Gasteiger partial charge in [0.2, 0.25) is 0 Å². The van der Waals surface area contributed by atoms with Crippen molar-refractivity contribution in [3.8, 4) is 0 Å². The zero-order valence-electron chi connectivity index (χ0n) is 12.2. The number of nitrogens with zero attached hydrogens (tertiary/aromatic N) is 2. The average molecular weight is 275 g/mol. The molecule has 4 N–H and O–H groups in total. The summed E-state index contributed by atoms with van der Waals surface area (Å²) in [5.74, 6) is 10.7. The number of nitrogens with one attached hydrogen (secondary N) is 2. The van der Waals surface area contributed by atoms with E-state index >= 15 is 0 Å². The predicted octanol–water partition coefficient (Wildman–Crippen LogP) is 2.56. The topological polar surface area (TPSA) is 75.9 Å². The number of hydrogen-bond acceptors (Lipinski definition) is 5. The van der Waals surface area contributed by atoms with E-state index in [1.165, 1.54) is 25.7 Å². The van der Waals surface area contributed by atoms with Crippen LogP contribution in [-0.4, -0.2) is 16.5 Å². The molecule has 0 unspecified atom stereocenters. The number of hydrazine groups is 1. The minimum atomic E-state index is 0.695. The van der Waals surface area contributed by atoms with Gasteiger partial charge in [-0.2, -0.15) is 0 Å². The fourth-order valence-corrected chi connectivity index (χ4v) is 2.99. The highest BCUT2D eigenvalue weighted by Gasteiger charge is 2.41. The molecule has 5 nitrogen and oxygen atoms in total. The minimum Gasteiger partial charge on any atom is -0.370 e. The maximum absolute atomic E-state index is 5.49. The number of nitrogens with two attached hydrogens (primary N) is 1. The number of anilines is 2. The van der Waals surface area contributed by atoms with Crippen LogP contribution in [0.2, 0.25) is 0 Å². The first kappa shape index (κ1) is 13.6. The average Bonchev–Trinajstić information content (AvgIpc) is 3.32. The smallest absolute Gasteiger partial charge is 0.145 e. The summed E-state index contributed by atoms with van der Waals surface area (Å²) in [6.45, 7) is 3.18. The minimum absolute atomic E-state index is 0.695. The highest BCUT2D eigenvalue weighted by molar-refractivity contribution is 5.47. The first-order valence-electron chi connectivity index (χ1n) is 7.88. The third-order valence-electron chi connectivity index (χ3n) is 4.37. The summed E-state index contributed by atoms with van der Waals surface area (Å²) in [6, 6.07) is 1.90. The van der Waals surface area contributed by atoms with Crippen molar-refractivity contribution in [2.45, 2.75) is 45.4 Å². The lowest BCUT2D eigenvalue weighted by Crippen LogP contribution is -2.20. The lowest BCUT2D eigenvalue weighted by atomic mass is 9.98. The Morgan fingerprint density at radius 3 is 2.40 bits per heavy atom. The Hall–Kier alpha value is -1.36. The normalized spacial score (nSPS) is 18.4. The van der Waals surface area contributed by atoms with E-state index in [1.807, 2.05) is 6.07 Å². The van der Waals surface area contributed by atoms with Gasteiger partial charge in [-0.05, 0) is 49.9 Å². The van der Waals surface area contributed by atoms with E-state index < -0.39 is 0 Å². The van der Waals surface area contributed by atoms with Crippen LogP contribution >= 0.6 is 0 Å². The van der Waals surface area contributed by atoms with E-state index in [2.05, 4.69) is 27.6 Å². The summed E-state index contributed by atoms with van der Waals surface area (Å²) < 4.78 is 0. The summed E-state index contributed by atoms with van der Waals surface area (Å²) >= 11 is 0. The summed E-state index contributed by atoms with van der Waals surface area (Å²) in [5, 5.41) is 3.51. The molecule has 1 heterocycles. The number of aryl methyl sites for hydroxylation is 1. The third-order valence-corrected chi connectivity index (χ3v) is 4.37. The van der Waals surface area contributed by atoms with Crippen LogP contribution in [0.5, 0.6) is 0 Å². The predicted molar refractivity (Wildman–Crippen MR) is 81.3 cm³/mol. The van der Waals surface area contributed by atoms with E-state index in [0.29, 0.717) is 5.82 Å². The van der Waals surface area contributed by atoms with Crippen LogP contribution in [0.15, 0.2) is 6.07 Å². The molecule has 0 atom stereocenters. The molecule has 0 spiro atoms. The quantitative estimate of drug-likeness (QED) is 0.502. The van der Waals surface area contributed by atoms with Crippen LogP contribution in [0.4, 0.5) is 11.6 Å². The maximum atomic E-state index is 5.49. The molecule has 20 heavy (non-hydrogen) atoms. The Morgan fingerprint density at radius 1 is 1.20 bits per heavy atom. The fraction of sp³-hybridized carbons (Fsp3) is 0.733. The number of aromatic nitrogens is 2. The van der Waals surface area contributed by atoms with Crippen LogP contribution in [0, 0.1) is 17.8 Å². The van der Waals surface area contributed by atoms with Gasteiger partial charge in [-0.1, -0.05) is 6.92 Å². The van der Waals surface area contributed by atoms with Crippen molar-refractivity contribution >= 4 is 11.6 Å². The monoisotopic (exact) mass is 275 g/mol. The van der Waals surface area contributed by atoms with Gasteiger partial charge < -0.3 is 10.7 Å². The molecule has 0 aliphatic heterocycles. The second-order valence-corrected chi connectivity index (χ2v) is 6.17. The van der Waals surface area contributed by atoms with Gasteiger partial charge in [-0.3, -0.25) is 0 Å². The Bertz CT molecular complexity index is 442. The van der Waals surface area contributed by atoms with Gasteiger partial charge >= 0.3 is 0 Å². The third kappa shape index (κ3) is 3.39. The van der Waals surface area contributed by atoms with Crippen molar-refractivity contribution in [2.75, 3.05) is 17.3 Å². The molecule has 0 bridgehead atoms. The molecule has 1 aromatic heterocycles. The van der Waals surface area contributed by atoms with E-state index in [9.17, 15) is 0 Å². The Balaban J connectivity index is 1.64. The highest BCUT2D eigenvalue weighted by Crippen LogP contribution is 2.49. The van der Waals surface area contributed by atoms with Crippen LogP contribution in [0.25, 0.3) is 0 Å². The van der Waals surface area contributed by atoms with Crippen molar-refractivity contribution in [3.05, 3.63) is 11.9 Å². The van der Waals surface area contributed by atoms with Gasteiger partial charge in [0.25, 0.3) is 0 Å². The number of rotatable bonds is 8. The Morgan fingerprint density at radius 2 is 1.85 bits per heavy atom.